The molecule has 2 N–H and O–H groups in total. The number of nitrogens with one attached hydrogen (secondary N) is 2. The molecule has 142 valence electrons. The summed E-state index contributed by atoms with van der Waals surface area (Å²) in [5.41, 5.74) is 2.46. The fraction of sp³-hybridized carbons (Fsp3) is 0.350. The van der Waals surface area contributed by atoms with Gasteiger partial charge in [0.05, 0.1) is 12.2 Å². The quantitative estimate of drug-likeness (QED) is 0.731. The first-order valence-electron chi connectivity index (χ1n) is 8.60. The summed E-state index contributed by atoms with van der Waals surface area (Å²) in [5, 5.41) is 9.30. The van der Waals surface area contributed by atoms with Crippen LogP contribution in [0.4, 0.5) is 5.69 Å². The lowest BCUT2D eigenvalue weighted by atomic mass is 10.1. The predicted octanol–water partition coefficient (Wildman–Crippen LogP) is 2.38. The molecule has 2 aromatic rings. The zero-order valence-corrected chi connectivity index (χ0v) is 15.7. The highest BCUT2D eigenvalue weighted by Gasteiger charge is 2.10. The molecule has 2 rings (SSSR count). The molecule has 7 nitrogen and oxygen atoms in total. The van der Waals surface area contributed by atoms with Gasteiger partial charge in [-0.2, -0.15) is 0 Å². The molecule has 0 radical (unpaired) electrons. The number of aromatic nitrogens is 1. The maximum Gasteiger partial charge on any atom is 0.221 e. The Hall–Kier alpha value is -3.27. The Bertz CT molecular complexity index is 842. The van der Waals surface area contributed by atoms with Crippen LogP contribution in [0.3, 0.4) is 0 Å². The molecule has 0 unspecified atom stereocenters. The summed E-state index contributed by atoms with van der Waals surface area (Å²) >= 11 is 0. The van der Waals surface area contributed by atoms with E-state index in [2.05, 4.69) is 27.6 Å². The topological polar surface area (TPSA) is 93.5 Å². The molecule has 0 aliphatic carbocycles. The van der Waals surface area contributed by atoms with Crippen LogP contribution < -0.4 is 15.4 Å². The van der Waals surface area contributed by atoms with Crippen molar-refractivity contribution in [2.75, 3.05) is 18.5 Å². The van der Waals surface area contributed by atoms with Crippen molar-refractivity contribution in [3.05, 3.63) is 41.3 Å². The number of hydrogen-bond acceptors (Lipinski definition) is 5. The van der Waals surface area contributed by atoms with Crippen molar-refractivity contribution >= 4 is 17.5 Å². The first-order chi connectivity index (χ1) is 13.0. The largest absolute Gasteiger partial charge is 0.481 e. The van der Waals surface area contributed by atoms with Gasteiger partial charge in [-0.3, -0.25) is 9.59 Å². The summed E-state index contributed by atoms with van der Waals surface area (Å²) in [6.07, 6.45) is 0.950. The van der Waals surface area contributed by atoms with Gasteiger partial charge in [0.1, 0.15) is 18.1 Å². The Morgan fingerprint density at radius 1 is 1.26 bits per heavy atom. The van der Waals surface area contributed by atoms with Crippen LogP contribution in [0.5, 0.6) is 5.75 Å². The lowest BCUT2D eigenvalue weighted by Gasteiger charge is -2.05. The normalized spacial score (nSPS) is 9.89. The average Bonchev–Trinajstić information content (AvgIpc) is 2.94. The second-order valence-electron chi connectivity index (χ2n) is 5.93. The van der Waals surface area contributed by atoms with E-state index in [0.717, 1.165) is 17.0 Å². The highest BCUT2D eigenvalue weighted by atomic mass is 16.5. The van der Waals surface area contributed by atoms with Crippen LogP contribution in [0.1, 0.15) is 30.4 Å². The molecule has 1 aromatic carbocycles. The second kappa shape index (κ2) is 10.0. The van der Waals surface area contributed by atoms with Crippen molar-refractivity contribution < 1.29 is 18.8 Å². The summed E-state index contributed by atoms with van der Waals surface area (Å²) in [5.74, 6) is 6.82. The highest BCUT2D eigenvalue weighted by Crippen LogP contribution is 2.17. The van der Waals surface area contributed by atoms with Gasteiger partial charge < -0.3 is 19.9 Å². The van der Waals surface area contributed by atoms with Gasteiger partial charge >= 0.3 is 0 Å². The van der Waals surface area contributed by atoms with Crippen molar-refractivity contribution in [3.63, 3.8) is 0 Å². The van der Waals surface area contributed by atoms with Crippen LogP contribution >= 0.6 is 0 Å². The number of aryl methyl sites for hydroxylation is 2. The van der Waals surface area contributed by atoms with E-state index in [0.29, 0.717) is 24.3 Å². The van der Waals surface area contributed by atoms with Gasteiger partial charge in [0.2, 0.25) is 11.8 Å². The predicted molar refractivity (Wildman–Crippen MR) is 101 cm³/mol. The molecule has 1 aromatic heterocycles. The summed E-state index contributed by atoms with van der Waals surface area (Å²) < 4.78 is 10.6. The smallest absolute Gasteiger partial charge is 0.221 e. The third-order valence-corrected chi connectivity index (χ3v) is 3.75. The molecule has 0 bridgehead atoms. The third-order valence-electron chi connectivity index (χ3n) is 3.75. The van der Waals surface area contributed by atoms with Crippen LogP contribution in [0.15, 0.2) is 28.8 Å². The minimum absolute atomic E-state index is 0.0757. The molecule has 0 atom stereocenters. The van der Waals surface area contributed by atoms with Gasteiger partial charge in [-0.1, -0.05) is 23.1 Å². The lowest BCUT2D eigenvalue weighted by Crippen LogP contribution is -2.24. The Morgan fingerprint density at radius 2 is 2.07 bits per heavy atom. The number of amides is 2. The fourth-order valence-electron chi connectivity index (χ4n) is 2.43. The van der Waals surface area contributed by atoms with E-state index in [4.69, 9.17) is 9.26 Å². The number of carbonyl (C=O) groups is 2. The first-order valence-corrected chi connectivity index (χ1v) is 8.60. The SMILES string of the molecule is CC(=O)Nc1cccc(OCC#CCNC(=O)CCc2c(C)noc2C)c1. The Balaban J connectivity index is 1.67. The Kier molecular flexibility index (Phi) is 7.44. The third kappa shape index (κ3) is 6.86. The summed E-state index contributed by atoms with van der Waals surface area (Å²) in [7, 11) is 0. The molecule has 7 heteroatoms. The van der Waals surface area contributed by atoms with Crippen LogP contribution in [-0.2, 0) is 16.0 Å². The van der Waals surface area contributed by atoms with Crippen LogP contribution in [-0.4, -0.2) is 30.1 Å². The summed E-state index contributed by atoms with van der Waals surface area (Å²) in [6.45, 7) is 5.60. The van der Waals surface area contributed by atoms with Gasteiger partial charge in [-0.05, 0) is 32.4 Å². The molecular weight excluding hydrogens is 346 g/mol. The van der Waals surface area contributed by atoms with E-state index in [-0.39, 0.29) is 25.0 Å². The number of benzene rings is 1. The Labute approximate surface area is 158 Å². The van der Waals surface area contributed by atoms with Crippen LogP contribution in [0.2, 0.25) is 0 Å². The number of hydrogen-bond donors (Lipinski definition) is 2. The number of anilines is 1. The fourth-order valence-corrected chi connectivity index (χ4v) is 2.43. The Morgan fingerprint density at radius 3 is 2.78 bits per heavy atom. The second-order valence-corrected chi connectivity index (χ2v) is 5.93. The van der Waals surface area contributed by atoms with E-state index in [1.807, 2.05) is 13.8 Å². The van der Waals surface area contributed by atoms with E-state index in [1.54, 1.807) is 24.3 Å². The monoisotopic (exact) mass is 369 g/mol. The molecule has 0 saturated heterocycles. The number of nitrogens with zero attached hydrogens (tertiary/aromatic N) is 1. The van der Waals surface area contributed by atoms with Crippen molar-refractivity contribution in [2.24, 2.45) is 0 Å². The zero-order chi connectivity index (χ0) is 19.6. The maximum absolute atomic E-state index is 11.8. The standard InChI is InChI=1S/C20H23N3O4/c1-14-19(15(2)27-23-14)9-10-20(25)21-11-4-5-12-26-18-8-6-7-17(13-18)22-16(3)24/h6-8,13H,9-12H2,1-3H3,(H,21,25)(H,22,24). The highest BCUT2D eigenvalue weighted by molar-refractivity contribution is 5.88. The number of ether oxygens (including phenoxy) is 1. The lowest BCUT2D eigenvalue weighted by molar-refractivity contribution is -0.120. The first kappa shape index (κ1) is 20.0. The van der Waals surface area contributed by atoms with E-state index < -0.39 is 0 Å². The molecule has 0 fully saturated rings. The van der Waals surface area contributed by atoms with Gasteiger partial charge in [0.15, 0.2) is 0 Å². The van der Waals surface area contributed by atoms with E-state index in [1.165, 1.54) is 6.92 Å². The molecule has 0 aliphatic heterocycles. The van der Waals surface area contributed by atoms with Crippen molar-refractivity contribution in [1.82, 2.24) is 10.5 Å². The molecule has 0 saturated carbocycles. The van der Waals surface area contributed by atoms with Gasteiger partial charge in [0, 0.05) is 30.7 Å². The van der Waals surface area contributed by atoms with Crippen LogP contribution in [0.25, 0.3) is 0 Å². The minimum Gasteiger partial charge on any atom is -0.481 e. The van der Waals surface area contributed by atoms with Crippen LogP contribution in [0, 0.1) is 25.7 Å². The van der Waals surface area contributed by atoms with E-state index >= 15 is 0 Å². The molecular formula is C20H23N3O4. The van der Waals surface area contributed by atoms with Gasteiger partial charge in [0.25, 0.3) is 0 Å². The molecule has 0 aliphatic rings. The minimum atomic E-state index is -0.142. The van der Waals surface area contributed by atoms with Gasteiger partial charge in [-0.15, -0.1) is 0 Å². The number of carbonyl (C=O) groups excluding carboxylic acids is 2. The van der Waals surface area contributed by atoms with Crippen molar-refractivity contribution in [1.29, 1.82) is 0 Å². The molecule has 1 heterocycles. The molecule has 0 spiro atoms. The maximum atomic E-state index is 11.8. The zero-order valence-electron chi connectivity index (χ0n) is 15.7. The average molecular weight is 369 g/mol. The van der Waals surface area contributed by atoms with Gasteiger partial charge in [-0.25, -0.2) is 0 Å². The molecule has 27 heavy (non-hydrogen) atoms. The molecule has 2 amide bonds. The summed E-state index contributed by atoms with van der Waals surface area (Å²) in [4.78, 5) is 22.9. The van der Waals surface area contributed by atoms with Crippen molar-refractivity contribution in [2.45, 2.75) is 33.6 Å². The number of rotatable bonds is 7. The van der Waals surface area contributed by atoms with Crippen molar-refractivity contribution in [3.8, 4) is 17.6 Å². The van der Waals surface area contributed by atoms with E-state index in [9.17, 15) is 9.59 Å². The summed E-state index contributed by atoms with van der Waals surface area (Å²) in [6, 6.07) is 7.06.